The zero-order chi connectivity index (χ0) is 19.3. The van der Waals surface area contributed by atoms with Crippen molar-refractivity contribution in [2.24, 2.45) is 0 Å². The number of ether oxygens (including phenoxy) is 4. The summed E-state index contributed by atoms with van der Waals surface area (Å²) < 4.78 is 21.7. The Kier molecular flexibility index (Phi) is 8.75. The number of hydrogen-bond donors (Lipinski definition) is 0. The number of aldehydes is 1. The van der Waals surface area contributed by atoms with E-state index < -0.39 is 4.92 Å². The lowest BCUT2D eigenvalue weighted by Crippen LogP contribution is -2.13. The Bertz CT molecular complexity index is 701. The molecule has 0 amide bonds. The molecule has 144 valence electrons. The van der Waals surface area contributed by atoms with E-state index in [1.807, 2.05) is 0 Å². The maximum atomic E-state index is 10.5. The normalized spacial score (nSPS) is 10.4. The number of carbonyl (C=O) groups is 1. The van der Waals surface area contributed by atoms with Gasteiger partial charge in [-0.3, -0.25) is 14.9 Å². The SMILES string of the molecule is O=Cc1ccc(OCCOCCOCCOc2ccc([N+](=O)[O-])cc2)cc1. The van der Waals surface area contributed by atoms with Gasteiger partial charge in [-0.1, -0.05) is 0 Å². The molecule has 0 fully saturated rings. The van der Waals surface area contributed by atoms with Crippen LogP contribution in [0.3, 0.4) is 0 Å². The first kappa shape index (κ1) is 20.3. The summed E-state index contributed by atoms with van der Waals surface area (Å²) in [6.45, 7) is 2.43. The van der Waals surface area contributed by atoms with Crippen molar-refractivity contribution >= 4 is 12.0 Å². The fourth-order valence-corrected chi connectivity index (χ4v) is 2.07. The van der Waals surface area contributed by atoms with E-state index in [-0.39, 0.29) is 5.69 Å². The quantitative estimate of drug-likeness (QED) is 0.230. The van der Waals surface area contributed by atoms with Crippen molar-refractivity contribution in [3.8, 4) is 11.5 Å². The van der Waals surface area contributed by atoms with Gasteiger partial charge < -0.3 is 18.9 Å². The van der Waals surface area contributed by atoms with Crippen molar-refractivity contribution in [2.45, 2.75) is 0 Å². The minimum atomic E-state index is -0.457. The standard InChI is InChI=1S/C19H21NO7/c21-15-16-1-5-18(6-2-16)26-13-11-24-9-10-25-12-14-27-19-7-3-17(4-8-19)20(22)23/h1-8,15H,9-14H2. The topological polar surface area (TPSA) is 97.1 Å². The molecule has 0 spiro atoms. The second kappa shape index (κ2) is 11.6. The molecule has 0 heterocycles. The summed E-state index contributed by atoms with van der Waals surface area (Å²) in [6, 6.07) is 12.7. The van der Waals surface area contributed by atoms with Gasteiger partial charge in [0.1, 0.15) is 31.0 Å². The highest BCUT2D eigenvalue weighted by Crippen LogP contribution is 2.17. The molecule has 0 aliphatic carbocycles. The molecule has 0 aliphatic heterocycles. The van der Waals surface area contributed by atoms with E-state index in [0.29, 0.717) is 56.7 Å². The van der Waals surface area contributed by atoms with Crippen molar-refractivity contribution in [2.75, 3.05) is 39.6 Å². The molecule has 0 saturated carbocycles. The summed E-state index contributed by atoms with van der Waals surface area (Å²) >= 11 is 0. The first-order chi connectivity index (χ1) is 13.2. The van der Waals surface area contributed by atoms with Crippen molar-refractivity contribution in [1.29, 1.82) is 0 Å². The van der Waals surface area contributed by atoms with Gasteiger partial charge in [-0.2, -0.15) is 0 Å². The van der Waals surface area contributed by atoms with Crippen LogP contribution in [0.25, 0.3) is 0 Å². The third kappa shape index (κ3) is 7.85. The van der Waals surface area contributed by atoms with E-state index in [1.54, 1.807) is 36.4 Å². The molecule has 8 nitrogen and oxygen atoms in total. The lowest BCUT2D eigenvalue weighted by molar-refractivity contribution is -0.384. The molecule has 0 unspecified atom stereocenters. The summed E-state index contributed by atoms with van der Waals surface area (Å²) in [7, 11) is 0. The molecule has 0 aliphatic rings. The number of rotatable bonds is 13. The Labute approximate surface area is 156 Å². The Morgan fingerprint density at radius 3 is 1.63 bits per heavy atom. The first-order valence-electron chi connectivity index (χ1n) is 8.40. The fraction of sp³-hybridized carbons (Fsp3) is 0.316. The van der Waals surface area contributed by atoms with E-state index in [0.717, 1.165) is 6.29 Å². The largest absolute Gasteiger partial charge is 0.491 e. The van der Waals surface area contributed by atoms with Gasteiger partial charge in [-0.05, 0) is 36.4 Å². The van der Waals surface area contributed by atoms with Crippen molar-refractivity contribution in [1.82, 2.24) is 0 Å². The number of nitrogens with zero attached hydrogens (tertiary/aromatic N) is 1. The highest BCUT2D eigenvalue weighted by Gasteiger charge is 2.04. The second-order valence-electron chi connectivity index (χ2n) is 5.36. The zero-order valence-corrected chi connectivity index (χ0v) is 14.7. The summed E-state index contributed by atoms with van der Waals surface area (Å²) in [5, 5.41) is 10.5. The third-order valence-electron chi connectivity index (χ3n) is 3.43. The minimum absolute atomic E-state index is 0.0257. The summed E-state index contributed by atoms with van der Waals surface area (Å²) in [5.41, 5.74) is 0.631. The molecule has 2 aromatic carbocycles. The summed E-state index contributed by atoms with van der Waals surface area (Å²) in [4.78, 5) is 20.6. The lowest BCUT2D eigenvalue weighted by atomic mass is 10.2. The van der Waals surface area contributed by atoms with Gasteiger partial charge in [0.15, 0.2) is 0 Å². The van der Waals surface area contributed by atoms with Gasteiger partial charge in [0, 0.05) is 17.7 Å². The lowest BCUT2D eigenvalue weighted by Gasteiger charge is -2.09. The van der Waals surface area contributed by atoms with Crippen molar-refractivity contribution in [3.05, 3.63) is 64.2 Å². The maximum absolute atomic E-state index is 10.5. The van der Waals surface area contributed by atoms with E-state index in [2.05, 4.69) is 0 Å². The van der Waals surface area contributed by atoms with Crippen molar-refractivity contribution < 1.29 is 28.7 Å². The van der Waals surface area contributed by atoms with Gasteiger partial charge >= 0.3 is 0 Å². The number of carbonyl (C=O) groups excluding carboxylic acids is 1. The van der Waals surface area contributed by atoms with Crippen LogP contribution in [-0.4, -0.2) is 50.9 Å². The van der Waals surface area contributed by atoms with Gasteiger partial charge in [-0.15, -0.1) is 0 Å². The predicted octanol–water partition coefficient (Wildman–Crippen LogP) is 2.90. The van der Waals surface area contributed by atoms with E-state index >= 15 is 0 Å². The molecule has 27 heavy (non-hydrogen) atoms. The van der Waals surface area contributed by atoms with Crippen LogP contribution in [0.5, 0.6) is 11.5 Å². The molecule has 0 radical (unpaired) electrons. The van der Waals surface area contributed by atoms with Gasteiger partial charge in [0.2, 0.25) is 0 Å². The number of non-ortho nitro benzene ring substituents is 1. The summed E-state index contributed by atoms with van der Waals surface area (Å²) in [6.07, 6.45) is 0.782. The molecule has 2 rings (SSSR count). The van der Waals surface area contributed by atoms with Crippen LogP contribution in [0, 0.1) is 10.1 Å². The minimum Gasteiger partial charge on any atom is -0.491 e. The van der Waals surface area contributed by atoms with Crippen LogP contribution in [0.2, 0.25) is 0 Å². The first-order valence-corrected chi connectivity index (χ1v) is 8.40. The molecule has 0 N–H and O–H groups in total. The molecular weight excluding hydrogens is 354 g/mol. The Morgan fingerprint density at radius 1 is 0.741 bits per heavy atom. The molecule has 0 aromatic heterocycles. The van der Waals surface area contributed by atoms with Crippen LogP contribution in [0.15, 0.2) is 48.5 Å². The van der Waals surface area contributed by atoms with Crippen LogP contribution in [-0.2, 0) is 9.47 Å². The molecule has 0 bridgehead atoms. The predicted molar refractivity (Wildman–Crippen MR) is 97.6 cm³/mol. The molecule has 0 atom stereocenters. The molecular formula is C19H21NO7. The molecule has 2 aromatic rings. The van der Waals surface area contributed by atoms with Crippen LogP contribution >= 0.6 is 0 Å². The van der Waals surface area contributed by atoms with Gasteiger partial charge in [-0.25, -0.2) is 0 Å². The molecule has 8 heteroatoms. The third-order valence-corrected chi connectivity index (χ3v) is 3.43. The Hall–Kier alpha value is -2.97. The highest BCUT2D eigenvalue weighted by molar-refractivity contribution is 5.74. The average molecular weight is 375 g/mol. The van der Waals surface area contributed by atoms with Crippen LogP contribution in [0.1, 0.15) is 10.4 Å². The Balaban J connectivity index is 1.44. The van der Waals surface area contributed by atoms with Crippen molar-refractivity contribution in [3.63, 3.8) is 0 Å². The monoisotopic (exact) mass is 375 g/mol. The second-order valence-corrected chi connectivity index (χ2v) is 5.36. The highest BCUT2D eigenvalue weighted by atomic mass is 16.6. The Morgan fingerprint density at radius 2 is 1.19 bits per heavy atom. The number of hydrogen-bond acceptors (Lipinski definition) is 7. The van der Waals surface area contributed by atoms with E-state index in [1.165, 1.54) is 12.1 Å². The molecule has 0 saturated heterocycles. The maximum Gasteiger partial charge on any atom is 0.269 e. The smallest absolute Gasteiger partial charge is 0.269 e. The summed E-state index contributed by atoms with van der Waals surface area (Å²) in [5.74, 6) is 1.24. The number of nitro benzene ring substituents is 1. The van der Waals surface area contributed by atoms with Crippen LogP contribution < -0.4 is 9.47 Å². The van der Waals surface area contributed by atoms with E-state index in [4.69, 9.17) is 18.9 Å². The average Bonchev–Trinajstić information content (AvgIpc) is 2.70. The van der Waals surface area contributed by atoms with Gasteiger partial charge in [0.05, 0.1) is 31.4 Å². The number of nitro groups is 1. The van der Waals surface area contributed by atoms with Gasteiger partial charge in [0.25, 0.3) is 5.69 Å². The van der Waals surface area contributed by atoms with E-state index in [9.17, 15) is 14.9 Å². The van der Waals surface area contributed by atoms with Crippen LogP contribution in [0.4, 0.5) is 5.69 Å². The fourth-order valence-electron chi connectivity index (χ4n) is 2.07. The zero-order valence-electron chi connectivity index (χ0n) is 14.7. The number of benzene rings is 2.